The smallest absolute Gasteiger partial charge is 0.387 e. The van der Waals surface area contributed by atoms with Crippen LogP contribution in [0.4, 0.5) is 0 Å². The fraction of sp³-hybridized carbons (Fsp3) is 0.111. The second kappa shape index (κ2) is 10.1. The average Bonchev–Trinajstić information content (AvgIpc) is 3.16. The normalized spacial score (nSPS) is 11.4. The molecule has 0 spiro atoms. The van der Waals surface area contributed by atoms with Gasteiger partial charge in [-0.25, -0.2) is 0 Å². The maximum absolute atomic E-state index is 6.06. The van der Waals surface area contributed by atoms with E-state index >= 15 is 0 Å². The summed E-state index contributed by atoms with van der Waals surface area (Å²) >= 11 is 0. The first-order valence-electron chi connectivity index (χ1n) is 11.3. The Kier molecular flexibility index (Phi) is 6.35. The molecule has 0 atom stereocenters. The van der Waals surface area contributed by atoms with E-state index in [-0.39, 0.29) is 0 Å². The average molecular weight is 504 g/mol. The fourth-order valence-electron chi connectivity index (χ4n) is 3.88. The number of hydrogen-bond donors (Lipinski definition) is 0. The molecule has 6 rings (SSSR count). The molecule has 0 unspecified atom stereocenters. The molecule has 0 aliphatic heterocycles. The summed E-state index contributed by atoms with van der Waals surface area (Å²) < 4.78 is 36.2. The van der Waals surface area contributed by atoms with Gasteiger partial charge >= 0.3 is 16.5 Å². The largest absolute Gasteiger partial charge is 0.399 e. The van der Waals surface area contributed by atoms with Crippen molar-refractivity contribution in [3.8, 4) is 0 Å². The minimum absolute atomic E-state index is 0.409. The number of benzene rings is 4. The molecule has 0 aliphatic rings. The third-order valence-corrected chi connectivity index (χ3v) is 7.67. The molecular weight excluding hydrogens is 482 g/mol. The molecule has 0 aliphatic carbocycles. The van der Waals surface area contributed by atoms with Gasteiger partial charge in [-0.3, -0.25) is 9.05 Å². The van der Waals surface area contributed by atoms with Crippen LogP contribution in [0.5, 0.6) is 0 Å². The molecule has 2 aromatic heterocycles. The molecule has 0 saturated carbocycles. The highest BCUT2D eigenvalue weighted by molar-refractivity contribution is 7.32. The summed E-state index contributed by atoms with van der Waals surface area (Å²) in [4.78, 5) is 0. The van der Waals surface area contributed by atoms with Crippen LogP contribution < -0.4 is 9.05 Å². The highest BCUT2D eigenvalue weighted by Crippen LogP contribution is 2.35. The first kappa shape index (κ1) is 22.1. The van der Waals surface area contributed by atoms with Crippen molar-refractivity contribution >= 4 is 60.4 Å². The van der Waals surface area contributed by atoms with E-state index < -0.39 is 16.5 Å². The molecular formula is C27H22O6P2. The van der Waals surface area contributed by atoms with Gasteiger partial charge in [-0.1, -0.05) is 72.8 Å². The van der Waals surface area contributed by atoms with Crippen molar-refractivity contribution in [3.05, 3.63) is 97.1 Å². The van der Waals surface area contributed by atoms with E-state index in [1.165, 1.54) is 0 Å². The van der Waals surface area contributed by atoms with Crippen LogP contribution in [0.15, 0.2) is 114 Å². The van der Waals surface area contributed by atoms with Crippen molar-refractivity contribution in [2.75, 3.05) is 13.2 Å². The quantitative estimate of drug-likeness (QED) is 0.211. The Morgan fingerprint density at radius 3 is 1.03 bits per heavy atom. The van der Waals surface area contributed by atoms with Gasteiger partial charge in [0.05, 0.1) is 13.2 Å². The molecule has 0 N–H and O–H groups in total. The van der Waals surface area contributed by atoms with Gasteiger partial charge in [0, 0.05) is 21.5 Å². The van der Waals surface area contributed by atoms with Crippen LogP contribution in [0.25, 0.3) is 43.9 Å². The third kappa shape index (κ3) is 4.75. The lowest BCUT2D eigenvalue weighted by atomic mass is 10.1. The Bertz CT molecular complexity index is 1460. The minimum atomic E-state index is -1.59. The standard InChI is InChI=1S/C27H22O6P2/c1-5-14-24-20(10-1)21-11-2-6-15-25(21)31-34(30-24)28-18-9-19-29-35-32-26-16-7-3-12-22(26)23-13-4-8-17-27(23)33-35/h1-8,10-17H,9,18-19H2. The Labute approximate surface area is 202 Å². The number of hydrogen-bond acceptors (Lipinski definition) is 6. The van der Waals surface area contributed by atoms with Gasteiger partial charge in [0.15, 0.2) is 0 Å². The Morgan fingerprint density at radius 2 is 0.714 bits per heavy atom. The maximum Gasteiger partial charge on any atom is 0.387 e. The zero-order chi connectivity index (χ0) is 23.5. The van der Waals surface area contributed by atoms with E-state index in [2.05, 4.69) is 0 Å². The summed E-state index contributed by atoms with van der Waals surface area (Å²) in [5.74, 6) is 0. The highest BCUT2D eigenvalue weighted by atomic mass is 31.1. The first-order chi connectivity index (χ1) is 17.3. The predicted octanol–water partition coefficient (Wildman–Crippen LogP) is 8.84. The fourth-order valence-corrected chi connectivity index (χ4v) is 6.00. The van der Waals surface area contributed by atoms with Crippen LogP contribution in [-0.4, -0.2) is 13.2 Å². The van der Waals surface area contributed by atoms with Crippen molar-refractivity contribution in [2.45, 2.75) is 6.42 Å². The van der Waals surface area contributed by atoms with Gasteiger partial charge in [-0.15, -0.1) is 0 Å². The lowest BCUT2D eigenvalue weighted by Gasteiger charge is -2.01. The topological polar surface area (TPSA) is 71.0 Å². The maximum atomic E-state index is 6.06. The zero-order valence-corrected chi connectivity index (χ0v) is 20.5. The monoisotopic (exact) mass is 504 g/mol. The number of rotatable bonds is 6. The molecule has 0 bridgehead atoms. The van der Waals surface area contributed by atoms with Crippen molar-refractivity contribution in [1.29, 1.82) is 0 Å². The SMILES string of the molecule is c1ccc2c(c1)op(OCCCOp1oc3ccccc3c3ccccc3o1)oc1ccccc12. The van der Waals surface area contributed by atoms with Crippen LogP contribution in [0, 0.1) is 0 Å². The molecule has 6 aromatic rings. The Balaban J connectivity index is 1.20. The van der Waals surface area contributed by atoms with Gasteiger partial charge in [0.25, 0.3) is 0 Å². The van der Waals surface area contributed by atoms with E-state index in [1.807, 2.05) is 97.1 Å². The van der Waals surface area contributed by atoms with Crippen LogP contribution in [0.1, 0.15) is 6.42 Å². The predicted molar refractivity (Wildman–Crippen MR) is 140 cm³/mol. The molecule has 176 valence electrons. The van der Waals surface area contributed by atoms with Crippen LogP contribution in [-0.2, 0) is 0 Å². The molecule has 4 aromatic carbocycles. The summed E-state index contributed by atoms with van der Waals surface area (Å²) in [5, 5.41) is 3.97. The van der Waals surface area contributed by atoms with Crippen molar-refractivity contribution < 1.29 is 25.8 Å². The van der Waals surface area contributed by atoms with E-state index in [9.17, 15) is 0 Å². The van der Waals surface area contributed by atoms with E-state index in [0.29, 0.717) is 19.6 Å². The lowest BCUT2D eigenvalue weighted by molar-refractivity contribution is 0.305. The van der Waals surface area contributed by atoms with Gasteiger partial charge in [-0.2, -0.15) is 0 Å². The van der Waals surface area contributed by atoms with Gasteiger partial charge < -0.3 is 16.8 Å². The van der Waals surface area contributed by atoms with Gasteiger partial charge in [-0.05, 0) is 30.7 Å². The van der Waals surface area contributed by atoms with E-state index in [4.69, 9.17) is 25.8 Å². The van der Waals surface area contributed by atoms with Crippen molar-refractivity contribution in [1.82, 2.24) is 0 Å². The molecule has 6 nitrogen and oxygen atoms in total. The molecule has 0 radical (unpaired) electrons. The van der Waals surface area contributed by atoms with Gasteiger partial charge in [0.1, 0.15) is 22.3 Å². The third-order valence-electron chi connectivity index (χ3n) is 5.50. The minimum Gasteiger partial charge on any atom is -0.399 e. The van der Waals surface area contributed by atoms with E-state index in [1.54, 1.807) is 0 Å². The Morgan fingerprint density at radius 1 is 0.429 bits per heavy atom. The lowest BCUT2D eigenvalue weighted by Crippen LogP contribution is -2.02. The summed E-state index contributed by atoms with van der Waals surface area (Å²) in [6.07, 6.45) is 0.629. The molecule has 35 heavy (non-hydrogen) atoms. The number of fused-ring (bicyclic) bond motifs is 6. The van der Waals surface area contributed by atoms with Crippen LogP contribution in [0.2, 0.25) is 0 Å². The second-order valence-electron chi connectivity index (χ2n) is 7.82. The van der Waals surface area contributed by atoms with Gasteiger partial charge in [0.2, 0.25) is 0 Å². The van der Waals surface area contributed by atoms with Crippen LogP contribution >= 0.6 is 16.5 Å². The molecule has 0 saturated heterocycles. The summed E-state index contributed by atoms with van der Waals surface area (Å²) in [7, 11) is -3.18. The summed E-state index contributed by atoms with van der Waals surface area (Å²) in [6.45, 7) is 0.818. The van der Waals surface area contributed by atoms with Crippen LogP contribution in [0.3, 0.4) is 0 Å². The summed E-state index contributed by atoms with van der Waals surface area (Å²) in [6, 6.07) is 31.5. The first-order valence-corrected chi connectivity index (χ1v) is 13.5. The highest BCUT2D eigenvalue weighted by Gasteiger charge is 2.08. The molecule has 2 heterocycles. The van der Waals surface area contributed by atoms with Crippen molar-refractivity contribution in [3.63, 3.8) is 0 Å². The van der Waals surface area contributed by atoms with E-state index in [0.717, 1.165) is 43.9 Å². The molecule has 0 amide bonds. The summed E-state index contributed by atoms with van der Waals surface area (Å²) in [5.41, 5.74) is 3.00. The number of para-hydroxylation sites is 4. The molecule has 8 heteroatoms. The zero-order valence-electron chi connectivity index (χ0n) is 18.7. The Hall–Kier alpha value is -3.40. The molecule has 0 fully saturated rings. The van der Waals surface area contributed by atoms with Crippen molar-refractivity contribution in [2.24, 2.45) is 0 Å². The second-order valence-corrected chi connectivity index (χ2v) is 9.96.